The number of nitrogens with zero attached hydrogens (tertiary/aromatic N) is 3. The second-order valence-corrected chi connectivity index (χ2v) is 1.94. The van der Waals surface area contributed by atoms with E-state index in [1.807, 2.05) is 0 Å². The zero-order chi connectivity index (χ0) is 6.41. The number of hydrogen-bond donors (Lipinski definition) is 0. The van der Waals surface area contributed by atoms with Crippen LogP contribution in [0.2, 0.25) is 0 Å². The standard InChI is InChI=1S/C3H4BrN3O/c4-3(8)1-2-6-7-5/h1-2H2. The van der Waals surface area contributed by atoms with Gasteiger partial charge in [-0.3, -0.25) is 4.79 Å². The minimum absolute atomic E-state index is 0.134. The van der Waals surface area contributed by atoms with Gasteiger partial charge in [0.25, 0.3) is 0 Å². The van der Waals surface area contributed by atoms with Crippen molar-refractivity contribution in [2.75, 3.05) is 6.54 Å². The minimum Gasteiger partial charge on any atom is -0.287 e. The highest BCUT2D eigenvalue weighted by atomic mass is 79.9. The fourth-order valence-corrected chi connectivity index (χ4v) is 0.360. The highest BCUT2D eigenvalue weighted by molar-refractivity contribution is 9.18. The van der Waals surface area contributed by atoms with E-state index in [0.717, 1.165) is 0 Å². The molecule has 0 N–H and O–H groups in total. The first-order valence-electron chi connectivity index (χ1n) is 1.96. The van der Waals surface area contributed by atoms with Crippen LogP contribution in [-0.2, 0) is 4.79 Å². The lowest BCUT2D eigenvalue weighted by Crippen LogP contribution is -1.86. The maximum atomic E-state index is 10.1. The molecular weight excluding hydrogens is 174 g/mol. The predicted octanol–water partition coefficient (Wildman–Crippen LogP) is 1.61. The predicted molar refractivity (Wildman–Crippen MR) is 32.6 cm³/mol. The van der Waals surface area contributed by atoms with Crippen LogP contribution in [0.4, 0.5) is 0 Å². The van der Waals surface area contributed by atoms with Crippen molar-refractivity contribution in [1.82, 2.24) is 0 Å². The molecule has 0 aliphatic rings. The molecule has 44 valence electrons. The first-order chi connectivity index (χ1) is 3.77. The third-order valence-electron chi connectivity index (χ3n) is 0.472. The Balaban J connectivity index is 3.18. The first-order valence-corrected chi connectivity index (χ1v) is 2.76. The molecule has 8 heavy (non-hydrogen) atoms. The van der Waals surface area contributed by atoms with Crippen LogP contribution in [0.1, 0.15) is 6.42 Å². The molecule has 4 nitrogen and oxygen atoms in total. The van der Waals surface area contributed by atoms with Gasteiger partial charge in [0.2, 0.25) is 0 Å². The number of carbonyl (C=O) groups excluding carboxylic acids is 1. The summed E-state index contributed by atoms with van der Waals surface area (Å²) in [5, 5.41) is 3.14. The lowest BCUT2D eigenvalue weighted by atomic mass is 10.5. The van der Waals surface area contributed by atoms with Crippen molar-refractivity contribution in [2.45, 2.75) is 6.42 Å². The smallest absolute Gasteiger partial charge is 0.197 e. The topological polar surface area (TPSA) is 65.8 Å². The minimum atomic E-state index is -0.134. The van der Waals surface area contributed by atoms with Gasteiger partial charge in [-0.15, -0.1) is 0 Å². The van der Waals surface area contributed by atoms with Crippen molar-refractivity contribution >= 4 is 20.6 Å². The van der Waals surface area contributed by atoms with Crippen molar-refractivity contribution in [3.8, 4) is 0 Å². The number of azide groups is 1. The van der Waals surface area contributed by atoms with Gasteiger partial charge in [0.05, 0.1) is 0 Å². The van der Waals surface area contributed by atoms with Gasteiger partial charge in [-0.25, -0.2) is 0 Å². The lowest BCUT2D eigenvalue weighted by molar-refractivity contribution is -0.110. The summed E-state index contributed by atoms with van der Waals surface area (Å²) in [6.07, 6.45) is 0.268. The van der Waals surface area contributed by atoms with Crippen molar-refractivity contribution in [3.63, 3.8) is 0 Å². The average Bonchev–Trinajstić information content (AvgIpc) is 1.66. The molecule has 0 aromatic carbocycles. The van der Waals surface area contributed by atoms with Crippen molar-refractivity contribution in [2.24, 2.45) is 5.11 Å². The van der Waals surface area contributed by atoms with Crippen molar-refractivity contribution in [1.29, 1.82) is 0 Å². The maximum absolute atomic E-state index is 10.1. The molecule has 0 spiro atoms. The zero-order valence-electron chi connectivity index (χ0n) is 4.04. The molecule has 0 saturated heterocycles. The van der Waals surface area contributed by atoms with Crippen LogP contribution in [0, 0.1) is 0 Å². The van der Waals surface area contributed by atoms with Crippen molar-refractivity contribution in [3.05, 3.63) is 10.4 Å². The van der Waals surface area contributed by atoms with E-state index in [1.165, 1.54) is 0 Å². The summed E-state index contributed by atoms with van der Waals surface area (Å²) in [4.78, 5) is 12.5. The van der Waals surface area contributed by atoms with E-state index >= 15 is 0 Å². The van der Waals surface area contributed by atoms with Crippen molar-refractivity contribution < 1.29 is 4.79 Å². The Morgan fingerprint density at radius 3 is 2.88 bits per heavy atom. The number of hydrogen-bond acceptors (Lipinski definition) is 2. The Morgan fingerprint density at radius 2 is 2.50 bits per heavy atom. The Kier molecular flexibility index (Phi) is 4.30. The van der Waals surface area contributed by atoms with Gasteiger partial charge in [-0.05, 0) is 21.5 Å². The van der Waals surface area contributed by atoms with E-state index in [9.17, 15) is 4.79 Å². The Bertz CT molecular complexity index is 126. The summed E-state index contributed by atoms with van der Waals surface area (Å²) in [5.74, 6) is 0. The number of halogens is 1. The third kappa shape index (κ3) is 5.46. The lowest BCUT2D eigenvalue weighted by Gasteiger charge is -1.79. The highest BCUT2D eigenvalue weighted by Crippen LogP contribution is 1.90. The summed E-state index contributed by atoms with van der Waals surface area (Å²) in [5.41, 5.74) is 7.71. The van der Waals surface area contributed by atoms with Gasteiger partial charge in [0, 0.05) is 17.9 Å². The van der Waals surface area contributed by atoms with Gasteiger partial charge < -0.3 is 0 Å². The molecule has 0 radical (unpaired) electrons. The Labute approximate surface area is 54.6 Å². The Hall–Kier alpha value is -0.540. The molecule has 0 amide bonds. The largest absolute Gasteiger partial charge is 0.287 e. The highest BCUT2D eigenvalue weighted by Gasteiger charge is 1.89. The fraction of sp³-hybridized carbons (Fsp3) is 0.667. The number of rotatable bonds is 3. The van der Waals surface area contributed by atoms with Crippen LogP contribution in [-0.4, -0.2) is 11.2 Å². The molecule has 0 bridgehead atoms. The van der Waals surface area contributed by atoms with Gasteiger partial charge >= 0.3 is 0 Å². The molecule has 0 atom stereocenters. The third-order valence-corrected chi connectivity index (χ3v) is 0.868. The molecule has 0 aliphatic heterocycles. The SMILES string of the molecule is [N-]=[N+]=NCCC(=O)Br. The van der Waals surface area contributed by atoms with Crippen LogP contribution < -0.4 is 0 Å². The monoisotopic (exact) mass is 177 g/mol. The molecule has 0 aliphatic carbocycles. The van der Waals surface area contributed by atoms with Crippen LogP contribution >= 0.6 is 15.9 Å². The van der Waals surface area contributed by atoms with E-state index in [1.54, 1.807) is 0 Å². The summed E-state index contributed by atoms with van der Waals surface area (Å²) in [6.45, 7) is 0.237. The van der Waals surface area contributed by atoms with Crippen LogP contribution in [0.5, 0.6) is 0 Å². The average molecular weight is 178 g/mol. The maximum Gasteiger partial charge on any atom is 0.197 e. The van der Waals surface area contributed by atoms with Crippen LogP contribution in [0.15, 0.2) is 5.11 Å². The molecule has 0 aromatic heterocycles. The quantitative estimate of drug-likeness (QED) is 0.280. The van der Waals surface area contributed by atoms with Gasteiger partial charge in [-0.1, -0.05) is 5.11 Å². The molecule has 0 fully saturated rings. The molecule has 5 heteroatoms. The summed E-state index contributed by atoms with van der Waals surface area (Å²) in [6, 6.07) is 0. The van der Waals surface area contributed by atoms with E-state index < -0.39 is 0 Å². The van der Waals surface area contributed by atoms with E-state index in [4.69, 9.17) is 5.53 Å². The van der Waals surface area contributed by atoms with Gasteiger partial charge in [0.15, 0.2) is 4.69 Å². The summed E-state index contributed by atoms with van der Waals surface area (Å²) in [7, 11) is 0. The molecule has 0 heterocycles. The molecule has 0 unspecified atom stereocenters. The fourth-order valence-electron chi connectivity index (χ4n) is 0.183. The molecule has 0 rings (SSSR count). The van der Waals surface area contributed by atoms with E-state index in [-0.39, 0.29) is 17.7 Å². The second-order valence-electron chi connectivity index (χ2n) is 1.06. The van der Waals surface area contributed by atoms with E-state index in [2.05, 4.69) is 26.0 Å². The van der Waals surface area contributed by atoms with E-state index in [0.29, 0.717) is 0 Å². The summed E-state index contributed by atoms with van der Waals surface area (Å²) < 4.78 is -0.134. The van der Waals surface area contributed by atoms with Crippen LogP contribution in [0.25, 0.3) is 10.4 Å². The van der Waals surface area contributed by atoms with Gasteiger partial charge in [-0.2, -0.15) is 0 Å². The second kappa shape index (κ2) is 4.61. The number of carbonyl (C=O) groups is 1. The van der Waals surface area contributed by atoms with Gasteiger partial charge in [0.1, 0.15) is 0 Å². The summed E-state index contributed by atoms with van der Waals surface area (Å²) >= 11 is 2.68. The zero-order valence-corrected chi connectivity index (χ0v) is 5.63. The first kappa shape index (κ1) is 7.46. The Morgan fingerprint density at radius 1 is 1.88 bits per heavy atom. The molecule has 0 saturated carbocycles. The molecule has 0 aromatic rings. The normalized spacial score (nSPS) is 7.62. The molecular formula is C3H4BrN3O. The van der Waals surface area contributed by atoms with Crippen LogP contribution in [0.3, 0.4) is 0 Å².